The highest BCUT2D eigenvalue weighted by Gasteiger charge is 2.36. The third kappa shape index (κ3) is 2.05. The van der Waals surface area contributed by atoms with Gasteiger partial charge in [0.2, 0.25) is 0 Å². The molecule has 3 atom stereocenters. The summed E-state index contributed by atoms with van der Waals surface area (Å²) >= 11 is 0. The monoisotopic (exact) mass is 182 g/mol. The molecule has 0 bridgehead atoms. The Morgan fingerprint density at radius 1 is 1.15 bits per heavy atom. The molecule has 0 aromatic carbocycles. The molecule has 3 unspecified atom stereocenters. The summed E-state index contributed by atoms with van der Waals surface area (Å²) in [5.41, 5.74) is 6.17. The molecule has 0 aromatic rings. The van der Waals surface area contributed by atoms with Crippen molar-refractivity contribution in [1.82, 2.24) is 4.90 Å². The van der Waals surface area contributed by atoms with Crippen molar-refractivity contribution in [3.8, 4) is 0 Å². The molecule has 2 rings (SSSR count). The molecule has 2 nitrogen and oxygen atoms in total. The van der Waals surface area contributed by atoms with Crippen LogP contribution in [0.1, 0.15) is 39.0 Å². The predicted molar refractivity (Wildman–Crippen MR) is 55.6 cm³/mol. The Hall–Kier alpha value is -0.0800. The van der Waals surface area contributed by atoms with E-state index in [0.29, 0.717) is 12.1 Å². The highest BCUT2D eigenvalue weighted by Crippen LogP contribution is 2.33. The van der Waals surface area contributed by atoms with Crippen LogP contribution in [0.4, 0.5) is 0 Å². The Bertz CT molecular complexity index is 177. The highest BCUT2D eigenvalue weighted by atomic mass is 15.2. The minimum absolute atomic E-state index is 0.432. The summed E-state index contributed by atoms with van der Waals surface area (Å²) < 4.78 is 0. The van der Waals surface area contributed by atoms with E-state index in [2.05, 4.69) is 18.9 Å². The fraction of sp³-hybridized carbons (Fsp3) is 1.00. The highest BCUT2D eigenvalue weighted by molar-refractivity contribution is 4.93. The van der Waals surface area contributed by atoms with Gasteiger partial charge in [0.15, 0.2) is 0 Å². The lowest BCUT2D eigenvalue weighted by Gasteiger charge is -2.38. The van der Waals surface area contributed by atoms with E-state index in [1.807, 2.05) is 0 Å². The molecule has 13 heavy (non-hydrogen) atoms. The fourth-order valence-corrected chi connectivity index (χ4v) is 2.60. The second-order valence-electron chi connectivity index (χ2n) is 5.05. The average molecular weight is 182 g/mol. The molecular formula is C11H22N2. The first-order chi connectivity index (χ1) is 6.18. The van der Waals surface area contributed by atoms with Gasteiger partial charge >= 0.3 is 0 Å². The summed E-state index contributed by atoms with van der Waals surface area (Å²) in [6.45, 7) is 2.36. The van der Waals surface area contributed by atoms with Gasteiger partial charge in [-0.2, -0.15) is 0 Å². The van der Waals surface area contributed by atoms with E-state index >= 15 is 0 Å². The second-order valence-corrected chi connectivity index (χ2v) is 5.05. The molecule has 0 saturated heterocycles. The molecule has 2 aliphatic carbocycles. The van der Waals surface area contributed by atoms with Gasteiger partial charge in [-0.3, -0.25) is 4.90 Å². The van der Waals surface area contributed by atoms with Crippen molar-refractivity contribution in [2.75, 3.05) is 7.05 Å². The summed E-state index contributed by atoms with van der Waals surface area (Å²) in [6, 6.07) is 1.96. The SMILES string of the molecule is CC1CCC(N)C(N(C)C2CC2)C1. The Kier molecular flexibility index (Phi) is 2.61. The van der Waals surface area contributed by atoms with Gasteiger partial charge in [0.05, 0.1) is 0 Å². The molecule has 76 valence electrons. The van der Waals surface area contributed by atoms with Crippen molar-refractivity contribution in [3.63, 3.8) is 0 Å². The number of hydrogen-bond acceptors (Lipinski definition) is 2. The number of likely N-dealkylation sites (N-methyl/N-ethyl adjacent to an activating group) is 1. The number of hydrogen-bond donors (Lipinski definition) is 1. The molecule has 0 radical (unpaired) electrons. The van der Waals surface area contributed by atoms with Crippen LogP contribution in [0.25, 0.3) is 0 Å². The third-order valence-electron chi connectivity index (χ3n) is 3.78. The number of nitrogens with zero attached hydrogens (tertiary/aromatic N) is 1. The lowest BCUT2D eigenvalue weighted by Crippen LogP contribution is -2.50. The standard InChI is InChI=1S/C11H22N2/c1-8-3-6-10(12)11(7-8)13(2)9-4-5-9/h8-11H,3-7,12H2,1-2H3. The molecular weight excluding hydrogens is 160 g/mol. The van der Waals surface area contributed by atoms with Crippen LogP contribution >= 0.6 is 0 Å². The number of nitrogens with two attached hydrogens (primary N) is 1. The predicted octanol–water partition coefficient (Wildman–Crippen LogP) is 1.60. The molecule has 0 heterocycles. The van der Waals surface area contributed by atoms with Crippen LogP contribution in [0.2, 0.25) is 0 Å². The molecule has 2 aliphatic rings. The molecule has 0 aromatic heterocycles. The zero-order valence-corrected chi connectivity index (χ0v) is 8.87. The van der Waals surface area contributed by atoms with E-state index in [1.54, 1.807) is 0 Å². The van der Waals surface area contributed by atoms with Crippen molar-refractivity contribution in [1.29, 1.82) is 0 Å². The van der Waals surface area contributed by atoms with Crippen molar-refractivity contribution in [2.45, 2.75) is 57.2 Å². The molecule has 2 saturated carbocycles. The van der Waals surface area contributed by atoms with Crippen molar-refractivity contribution in [3.05, 3.63) is 0 Å². The minimum atomic E-state index is 0.432. The van der Waals surface area contributed by atoms with Gasteiger partial charge in [0, 0.05) is 18.1 Å². The van der Waals surface area contributed by atoms with Gasteiger partial charge in [0.1, 0.15) is 0 Å². The third-order valence-corrected chi connectivity index (χ3v) is 3.78. The second kappa shape index (κ2) is 3.58. The van der Waals surface area contributed by atoms with Crippen LogP contribution < -0.4 is 5.73 Å². The van der Waals surface area contributed by atoms with Crippen LogP contribution in [0.15, 0.2) is 0 Å². The molecule has 0 amide bonds. The van der Waals surface area contributed by atoms with E-state index in [4.69, 9.17) is 5.73 Å². The van der Waals surface area contributed by atoms with Crippen molar-refractivity contribution < 1.29 is 0 Å². The van der Waals surface area contributed by atoms with Gasteiger partial charge in [-0.1, -0.05) is 6.92 Å². The minimum Gasteiger partial charge on any atom is -0.326 e. The molecule has 0 spiro atoms. The largest absolute Gasteiger partial charge is 0.326 e. The first-order valence-electron chi connectivity index (χ1n) is 5.66. The summed E-state index contributed by atoms with van der Waals surface area (Å²) in [6.07, 6.45) is 6.66. The fourth-order valence-electron chi connectivity index (χ4n) is 2.60. The quantitative estimate of drug-likeness (QED) is 0.703. The maximum Gasteiger partial charge on any atom is 0.0249 e. The lowest BCUT2D eigenvalue weighted by molar-refractivity contribution is 0.136. The van der Waals surface area contributed by atoms with Crippen LogP contribution in [0.5, 0.6) is 0 Å². The first kappa shape index (κ1) is 9.47. The van der Waals surface area contributed by atoms with Gasteiger partial charge in [-0.25, -0.2) is 0 Å². The first-order valence-corrected chi connectivity index (χ1v) is 5.66. The van der Waals surface area contributed by atoms with Crippen molar-refractivity contribution in [2.24, 2.45) is 11.7 Å². The van der Waals surface area contributed by atoms with E-state index in [-0.39, 0.29) is 0 Å². The Morgan fingerprint density at radius 2 is 1.85 bits per heavy atom. The smallest absolute Gasteiger partial charge is 0.0249 e. The van der Waals surface area contributed by atoms with E-state index < -0.39 is 0 Å². The summed E-state index contributed by atoms with van der Waals surface area (Å²) in [7, 11) is 2.26. The van der Waals surface area contributed by atoms with Gasteiger partial charge in [-0.05, 0) is 45.1 Å². The maximum atomic E-state index is 6.17. The van der Waals surface area contributed by atoms with E-state index in [9.17, 15) is 0 Å². The molecule has 2 N–H and O–H groups in total. The van der Waals surface area contributed by atoms with Crippen LogP contribution in [-0.4, -0.2) is 30.1 Å². The average Bonchev–Trinajstić information content (AvgIpc) is 2.91. The van der Waals surface area contributed by atoms with Crippen LogP contribution in [-0.2, 0) is 0 Å². The zero-order valence-electron chi connectivity index (χ0n) is 8.87. The zero-order chi connectivity index (χ0) is 9.42. The normalized spacial score (nSPS) is 41.1. The van der Waals surface area contributed by atoms with Crippen LogP contribution in [0.3, 0.4) is 0 Å². The Labute approximate surface area is 81.5 Å². The molecule has 0 aliphatic heterocycles. The topological polar surface area (TPSA) is 29.3 Å². The summed E-state index contributed by atoms with van der Waals surface area (Å²) in [4.78, 5) is 2.54. The summed E-state index contributed by atoms with van der Waals surface area (Å²) in [5, 5.41) is 0. The summed E-state index contributed by atoms with van der Waals surface area (Å²) in [5.74, 6) is 0.881. The molecule has 2 heteroatoms. The van der Waals surface area contributed by atoms with Gasteiger partial charge in [-0.15, -0.1) is 0 Å². The Balaban J connectivity index is 1.93. The Morgan fingerprint density at radius 3 is 2.46 bits per heavy atom. The van der Waals surface area contributed by atoms with E-state index in [0.717, 1.165) is 12.0 Å². The van der Waals surface area contributed by atoms with Gasteiger partial charge in [0.25, 0.3) is 0 Å². The lowest BCUT2D eigenvalue weighted by atomic mass is 9.83. The van der Waals surface area contributed by atoms with Crippen molar-refractivity contribution >= 4 is 0 Å². The van der Waals surface area contributed by atoms with Gasteiger partial charge < -0.3 is 5.73 Å². The molecule has 2 fully saturated rings. The maximum absolute atomic E-state index is 6.17. The van der Waals surface area contributed by atoms with E-state index in [1.165, 1.54) is 32.1 Å². The van der Waals surface area contributed by atoms with Crippen LogP contribution in [0, 0.1) is 5.92 Å². The number of rotatable bonds is 2.